The third kappa shape index (κ3) is 3.72. The van der Waals surface area contributed by atoms with Crippen LogP contribution in [0.2, 0.25) is 0 Å². The summed E-state index contributed by atoms with van der Waals surface area (Å²) >= 11 is 1.48. The zero-order valence-electron chi connectivity index (χ0n) is 11.9. The van der Waals surface area contributed by atoms with Crippen molar-refractivity contribution in [3.8, 4) is 0 Å². The quantitative estimate of drug-likeness (QED) is 0.795. The summed E-state index contributed by atoms with van der Waals surface area (Å²) in [5.74, 6) is 1.43. The number of carbonyl (C=O) groups excluding carboxylic acids is 1. The molecule has 0 N–H and O–H groups in total. The molecule has 0 aliphatic carbocycles. The van der Waals surface area contributed by atoms with Gasteiger partial charge in [-0.1, -0.05) is 18.7 Å². The van der Waals surface area contributed by atoms with E-state index in [-0.39, 0.29) is 5.91 Å². The van der Waals surface area contributed by atoms with Gasteiger partial charge in [0.1, 0.15) is 6.33 Å². The Morgan fingerprint density at radius 3 is 2.79 bits per heavy atom. The molecule has 0 saturated carbocycles. The summed E-state index contributed by atoms with van der Waals surface area (Å²) in [5.41, 5.74) is 0. The Kier molecular flexibility index (Phi) is 4.85. The van der Waals surface area contributed by atoms with Crippen LogP contribution in [0.3, 0.4) is 0 Å². The lowest BCUT2D eigenvalue weighted by molar-refractivity contribution is -0.129. The lowest BCUT2D eigenvalue weighted by Gasteiger charge is -2.30. The van der Waals surface area contributed by atoms with Crippen molar-refractivity contribution < 1.29 is 4.79 Å². The Morgan fingerprint density at radius 1 is 1.47 bits per heavy atom. The molecule has 0 bridgehead atoms. The number of likely N-dealkylation sites (tertiary alicyclic amines) is 1. The molecule has 0 unspecified atom stereocenters. The van der Waals surface area contributed by atoms with Gasteiger partial charge in [-0.05, 0) is 32.6 Å². The molecule has 5 nitrogen and oxygen atoms in total. The van der Waals surface area contributed by atoms with Gasteiger partial charge in [0.05, 0.1) is 5.75 Å². The summed E-state index contributed by atoms with van der Waals surface area (Å²) in [6, 6.07) is 0.323. The molecule has 19 heavy (non-hydrogen) atoms. The van der Waals surface area contributed by atoms with Crippen molar-refractivity contribution >= 4 is 17.7 Å². The smallest absolute Gasteiger partial charge is 0.233 e. The van der Waals surface area contributed by atoms with Crippen molar-refractivity contribution in [3.63, 3.8) is 0 Å². The maximum absolute atomic E-state index is 12.1. The standard InChI is InChI=1S/C13H22N4OS/c1-10(2)17-9-14-15-13(17)19-8-12(18)16-6-4-11(3)5-7-16/h9-11H,4-8H2,1-3H3. The largest absolute Gasteiger partial charge is 0.342 e. The molecule has 1 fully saturated rings. The van der Waals surface area contributed by atoms with E-state index in [2.05, 4.69) is 31.0 Å². The molecule has 0 atom stereocenters. The van der Waals surface area contributed by atoms with Gasteiger partial charge >= 0.3 is 0 Å². The van der Waals surface area contributed by atoms with Gasteiger partial charge in [0, 0.05) is 19.1 Å². The first-order chi connectivity index (χ1) is 9.08. The van der Waals surface area contributed by atoms with E-state index in [0.717, 1.165) is 37.0 Å². The van der Waals surface area contributed by atoms with Crippen molar-refractivity contribution in [2.45, 2.75) is 44.8 Å². The molecular weight excluding hydrogens is 260 g/mol. The molecule has 1 aromatic heterocycles. The lowest BCUT2D eigenvalue weighted by atomic mass is 9.99. The fourth-order valence-electron chi connectivity index (χ4n) is 2.17. The van der Waals surface area contributed by atoms with Crippen LogP contribution in [0, 0.1) is 5.92 Å². The van der Waals surface area contributed by atoms with Gasteiger partial charge in [-0.25, -0.2) is 0 Å². The van der Waals surface area contributed by atoms with E-state index in [9.17, 15) is 4.79 Å². The van der Waals surface area contributed by atoms with Crippen LogP contribution in [0.4, 0.5) is 0 Å². The number of hydrogen-bond acceptors (Lipinski definition) is 4. The van der Waals surface area contributed by atoms with Crippen molar-refractivity contribution in [3.05, 3.63) is 6.33 Å². The fraction of sp³-hybridized carbons (Fsp3) is 0.769. The van der Waals surface area contributed by atoms with Crippen molar-refractivity contribution in [1.82, 2.24) is 19.7 Å². The Balaban J connectivity index is 1.85. The second-order valence-corrected chi connectivity index (χ2v) is 6.41. The van der Waals surface area contributed by atoms with Crippen LogP contribution in [0.1, 0.15) is 39.7 Å². The summed E-state index contributed by atoms with van der Waals surface area (Å²) in [6.45, 7) is 8.22. The summed E-state index contributed by atoms with van der Waals surface area (Å²) in [7, 11) is 0. The van der Waals surface area contributed by atoms with Gasteiger partial charge in [-0.2, -0.15) is 0 Å². The van der Waals surface area contributed by atoms with Gasteiger partial charge in [0.2, 0.25) is 5.91 Å². The van der Waals surface area contributed by atoms with Crippen LogP contribution in [0.5, 0.6) is 0 Å². The molecular formula is C13H22N4OS. The lowest BCUT2D eigenvalue weighted by Crippen LogP contribution is -2.38. The van der Waals surface area contributed by atoms with Gasteiger partial charge in [0.25, 0.3) is 0 Å². The van der Waals surface area contributed by atoms with Crippen LogP contribution in [-0.2, 0) is 4.79 Å². The molecule has 1 aromatic rings. The van der Waals surface area contributed by atoms with E-state index in [0.29, 0.717) is 11.8 Å². The summed E-state index contributed by atoms with van der Waals surface area (Å²) in [6.07, 6.45) is 3.97. The minimum absolute atomic E-state index is 0.218. The molecule has 1 aliphatic heterocycles. The fourth-order valence-corrected chi connectivity index (χ4v) is 3.11. The highest BCUT2D eigenvalue weighted by molar-refractivity contribution is 7.99. The molecule has 1 saturated heterocycles. The van der Waals surface area contributed by atoms with Crippen molar-refractivity contribution in [1.29, 1.82) is 0 Å². The van der Waals surface area contributed by atoms with Crippen molar-refractivity contribution in [2.24, 2.45) is 5.92 Å². The first kappa shape index (κ1) is 14.4. The molecule has 2 heterocycles. The zero-order chi connectivity index (χ0) is 13.8. The van der Waals surface area contributed by atoms with E-state index in [1.807, 2.05) is 9.47 Å². The normalized spacial score (nSPS) is 17.2. The highest BCUT2D eigenvalue weighted by Crippen LogP contribution is 2.21. The van der Waals surface area contributed by atoms with Crippen LogP contribution >= 0.6 is 11.8 Å². The molecule has 106 valence electrons. The number of hydrogen-bond donors (Lipinski definition) is 0. The Hall–Kier alpha value is -1.04. The number of thioether (sulfide) groups is 1. The van der Waals surface area contributed by atoms with Gasteiger partial charge in [-0.15, -0.1) is 10.2 Å². The van der Waals surface area contributed by atoms with Crippen molar-refractivity contribution in [2.75, 3.05) is 18.8 Å². The third-order valence-corrected chi connectivity index (χ3v) is 4.50. The molecule has 1 aliphatic rings. The van der Waals surface area contributed by atoms with Crippen LogP contribution in [0.25, 0.3) is 0 Å². The monoisotopic (exact) mass is 282 g/mol. The van der Waals surface area contributed by atoms with E-state index in [4.69, 9.17) is 0 Å². The van der Waals surface area contributed by atoms with E-state index in [1.165, 1.54) is 11.8 Å². The predicted molar refractivity (Wildman–Crippen MR) is 76.1 cm³/mol. The van der Waals surface area contributed by atoms with Crippen LogP contribution in [0.15, 0.2) is 11.5 Å². The average molecular weight is 282 g/mol. The second-order valence-electron chi connectivity index (χ2n) is 5.47. The molecule has 0 spiro atoms. The first-order valence-electron chi connectivity index (χ1n) is 6.88. The molecule has 6 heteroatoms. The van der Waals surface area contributed by atoms with Gasteiger partial charge in [-0.3, -0.25) is 4.79 Å². The SMILES string of the molecule is CC1CCN(C(=O)CSc2nncn2C(C)C)CC1. The van der Waals surface area contributed by atoms with Gasteiger partial charge in [0.15, 0.2) is 5.16 Å². The zero-order valence-corrected chi connectivity index (χ0v) is 12.7. The molecule has 0 aromatic carbocycles. The predicted octanol–water partition coefficient (Wildman–Crippen LogP) is 2.21. The highest BCUT2D eigenvalue weighted by atomic mass is 32.2. The molecule has 2 rings (SSSR count). The van der Waals surface area contributed by atoms with Gasteiger partial charge < -0.3 is 9.47 Å². The average Bonchev–Trinajstić information content (AvgIpc) is 2.85. The minimum Gasteiger partial charge on any atom is -0.342 e. The number of nitrogens with zero attached hydrogens (tertiary/aromatic N) is 4. The van der Waals surface area contributed by atoms with Crippen LogP contribution in [-0.4, -0.2) is 44.4 Å². The third-order valence-electron chi connectivity index (χ3n) is 3.56. The first-order valence-corrected chi connectivity index (χ1v) is 7.86. The Morgan fingerprint density at radius 2 is 2.16 bits per heavy atom. The van der Waals surface area contributed by atoms with Crippen LogP contribution < -0.4 is 0 Å². The second kappa shape index (κ2) is 6.41. The summed E-state index contributed by atoms with van der Waals surface area (Å²) in [4.78, 5) is 14.1. The number of piperidine rings is 1. The number of amides is 1. The topological polar surface area (TPSA) is 51.0 Å². The molecule has 0 radical (unpaired) electrons. The van der Waals surface area contributed by atoms with E-state index in [1.54, 1.807) is 6.33 Å². The number of carbonyl (C=O) groups is 1. The summed E-state index contributed by atoms with van der Waals surface area (Å²) < 4.78 is 2.00. The van der Waals surface area contributed by atoms with E-state index >= 15 is 0 Å². The number of rotatable bonds is 4. The Labute approximate surface area is 118 Å². The maximum Gasteiger partial charge on any atom is 0.233 e. The highest BCUT2D eigenvalue weighted by Gasteiger charge is 2.21. The summed E-state index contributed by atoms with van der Waals surface area (Å²) in [5, 5.41) is 8.81. The van der Waals surface area contributed by atoms with E-state index < -0.39 is 0 Å². The Bertz CT molecular complexity index is 424. The number of aromatic nitrogens is 3. The maximum atomic E-state index is 12.1. The molecule has 1 amide bonds. The minimum atomic E-state index is 0.218.